The summed E-state index contributed by atoms with van der Waals surface area (Å²) in [4.78, 5) is 14.5. The van der Waals surface area contributed by atoms with Gasteiger partial charge in [0.25, 0.3) is 0 Å². The molecule has 2 aromatic rings. The molecular weight excluding hydrogens is 324 g/mol. The van der Waals surface area contributed by atoms with Crippen LogP contribution in [0.3, 0.4) is 0 Å². The lowest BCUT2D eigenvalue weighted by atomic mass is 10.2. The van der Waals surface area contributed by atoms with Crippen molar-refractivity contribution >= 4 is 23.5 Å². The van der Waals surface area contributed by atoms with Crippen LogP contribution in [0.25, 0.3) is 0 Å². The monoisotopic (exact) mass is 342 g/mol. The normalized spacial score (nSPS) is 18.7. The maximum atomic E-state index is 12.7. The first-order valence-corrected chi connectivity index (χ1v) is 8.91. The van der Waals surface area contributed by atoms with Crippen LogP contribution in [0.15, 0.2) is 42.5 Å². The quantitative estimate of drug-likeness (QED) is 0.896. The number of hydrogen-bond acceptors (Lipinski definition) is 4. The van der Waals surface area contributed by atoms with Crippen LogP contribution >= 0.6 is 11.8 Å². The molecule has 4 rings (SSSR count). The molecule has 5 nitrogen and oxygen atoms in total. The van der Waals surface area contributed by atoms with E-state index in [1.165, 1.54) is 5.56 Å². The fraction of sp³-hybridized carbons (Fsp3) is 0.278. The fourth-order valence-electron chi connectivity index (χ4n) is 2.85. The lowest BCUT2D eigenvalue weighted by Crippen LogP contribution is -2.34. The third-order valence-electron chi connectivity index (χ3n) is 4.14. The van der Waals surface area contributed by atoms with E-state index >= 15 is 0 Å². The Balaban J connectivity index is 1.52. The van der Waals surface area contributed by atoms with E-state index in [9.17, 15) is 4.79 Å². The first-order chi connectivity index (χ1) is 11.7. The summed E-state index contributed by atoms with van der Waals surface area (Å²) >= 11 is 1.76. The third-order valence-corrected chi connectivity index (χ3v) is 5.40. The Labute approximate surface area is 144 Å². The molecule has 0 aromatic heterocycles. The molecule has 2 aromatic carbocycles. The van der Waals surface area contributed by atoms with Crippen molar-refractivity contribution in [2.45, 2.75) is 12.3 Å². The Morgan fingerprint density at radius 2 is 1.96 bits per heavy atom. The van der Waals surface area contributed by atoms with Crippen LogP contribution in [0.2, 0.25) is 0 Å². The molecule has 0 spiro atoms. The van der Waals surface area contributed by atoms with Crippen LogP contribution < -0.4 is 14.8 Å². The molecule has 2 aliphatic rings. The lowest BCUT2D eigenvalue weighted by Gasteiger charge is -2.24. The number of aryl methyl sites for hydroxylation is 1. The molecule has 0 radical (unpaired) electrons. The van der Waals surface area contributed by atoms with Gasteiger partial charge in [-0.05, 0) is 36.8 Å². The molecule has 1 fully saturated rings. The molecule has 24 heavy (non-hydrogen) atoms. The Hall–Kier alpha value is -2.34. The molecule has 2 amide bonds. The van der Waals surface area contributed by atoms with E-state index in [-0.39, 0.29) is 18.2 Å². The van der Waals surface area contributed by atoms with Crippen molar-refractivity contribution in [1.29, 1.82) is 0 Å². The van der Waals surface area contributed by atoms with Gasteiger partial charge < -0.3 is 19.7 Å². The van der Waals surface area contributed by atoms with Crippen LogP contribution in [0.4, 0.5) is 10.5 Å². The van der Waals surface area contributed by atoms with Gasteiger partial charge in [-0.2, -0.15) is 0 Å². The second-order valence-corrected chi connectivity index (χ2v) is 7.01. The molecule has 0 aliphatic carbocycles. The number of urea groups is 1. The van der Waals surface area contributed by atoms with E-state index in [4.69, 9.17) is 9.47 Å². The molecule has 6 heteroatoms. The van der Waals surface area contributed by atoms with E-state index in [0.717, 1.165) is 35.0 Å². The zero-order chi connectivity index (χ0) is 16.5. The molecule has 1 N–H and O–H groups in total. The number of fused-ring (bicyclic) bond motifs is 1. The summed E-state index contributed by atoms with van der Waals surface area (Å²) in [5.41, 5.74) is 3.04. The third kappa shape index (κ3) is 2.89. The number of thioether (sulfide) groups is 1. The van der Waals surface area contributed by atoms with Crippen LogP contribution in [0.5, 0.6) is 11.5 Å². The summed E-state index contributed by atoms with van der Waals surface area (Å²) in [6.07, 6.45) is 0. The zero-order valence-corrected chi connectivity index (χ0v) is 14.1. The van der Waals surface area contributed by atoms with Gasteiger partial charge in [0.1, 0.15) is 5.37 Å². The average molecular weight is 342 g/mol. The molecule has 0 bridgehead atoms. The molecule has 2 aliphatic heterocycles. The Bertz CT molecular complexity index is 763. The molecule has 1 saturated heterocycles. The Morgan fingerprint density at radius 3 is 2.79 bits per heavy atom. The summed E-state index contributed by atoms with van der Waals surface area (Å²) in [6, 6.07) is 13.6. The van der Waals surface area contributed by atoms with Crippen molar-refractivity contribution in [2.75, 3.05) is 24.4 Å². The number of rotatable bonds is 2. The largest absolute Gasteiger partial charge is 0.454 e. The van der Waals surface area contributed by atoms with Gasteiger partial charge in [0.05, 0.1) is 0 Å². The SMILES string of the molecule is Cc1ccc(NC(=O)N2CCS[C@H]2c2ccc3c(c2)OCO3)cc1. The highest BCUT2D eigenvalue weighted by atomic mass is 32.2. The van der Waals surface area contributed by atoms with Crippen molar-refractivity contribution < 1.29 is 14.3 Å². The number of carbonyl (C=O) groups is 1. The number of amides is 2. The Morgan fingerprint density at radius 1 is 1.17 bits per heavy atom. The molecular formula is C18H18N2O3S. The van der Waals surface area contributed by atoms with Crippen LogP contribution in [-0.2, 0) is 0 Å². The molecule has 0 unspecified atom stereocenters. The van der Waals surface area contributed by atoms with E-state index < -0.39 is 0 Å². The van der Waals surface area contributed by atoms with Gasteiger partial charge >= 0.3 is 6.03 Å². The smallest absolute Gasteiger partial charge is 0.323 e. The maximum absolute atomic E-state index is 12.7. The number of nitrogens with zero attached hydrogens (tertiary/aromatic N) is 1. The predicted octanol–water partition coefficient (Wildman–Crippen LogP) is 4.00. The second-order valence-electron chi connectivity index (χ2n) is 5.83. The predicted molar refractivity (Wildman–Crippen MR) is 94.7 cm³/mol. The molecule has 0 saturated carbocycles. The van der Waals surface area contributed by atoms with Crippen molar-refractivity contribution in [2.24, 2.45) is 0 Å². The van der Waals surface area contributed by atoms with Crippen LogP contribution in [0.1, 0.15) is 16.5 Å². The number of ether oxygens (including phenoxy) is 2. The van der Waals surface area contributed by atoms with Crippen molar-refractivity contribution in [3.05, 3.63) is 53.6 Å². The average Bonchev–Trinajstić information content (AvgIpc) is 3.25. The van der Waals surface area contributed by atoms with Gasteiger partial charge in [-0.3, -0.25) is 0 Å². The summed E-state index contributed by atoms with van der Waals surface area (Å²) in [5.74, 6) is 2.43. The summed E-state index contributed by atoms with van der Waals surface area (Å²) in [7, 11) is 0. The number of benzene rings is 2. The number of nitrogens with one attached hydrogen (secondary N) is 1. The summed E-state index contributed by atoms with van der Waals surface area (Å²) in [5, 5.41) is 2.97. The van der Waals surface area contributed by atoms with Crippen molar-refractivity contribution in [3.8, 4) is 11.5 Å². The minimum absolute atomic E-state index is 0.00931. The standard InChI is InChI=1S/C18H18N2O3S/c1-12-2-5-14(6-3-12)19-18(21)20-8-9-24-17(20)13-4-7-15-16(10-13)23-11-22-15/h2-7,10,17H,8-9,11H2,1H3,(H,19,21)/t17-/m0/s1. The van der Waals surface area contributed by atoms with Gasteiger partial charge in [0.2, 0.25) is 6.79 Å². The van der Waals surface area contributed by atoms with Crippen molar-refractivity contribution in [1.82, 2.24) is 4.90 Å². The minimum Gasteiger partial charge on any atom is -0.454 e. The molecule has 2 heterocycles. The number of anilines is 1. The van der Waals surface area contributed by atoms with E-state index in [1.807, 2.05) is 54.3 Å². The number of hydrogen-bond donors (Lipinski definition) is 1. The zero-order valence-electron chi connectivity index (χ0n) is 13.3. The molecule has 1 atom stereocenters. The summed E-state index contributed by atoms with van der Waals surface area (Å²) < 4.78 is 10.8. The number of carbonyl (C=O) groups excluding carboxylic acids is 1. The maximum Gasteiger partial charge on any atom is 0.323 e. The van der Waals surface area contributed by atoms with Gasteiger partial charge in [0.15, 0.2) is 11.5 Å². The van der Waals surface area contributed by atoms with E-state index in [0.29, 0.717) is 0 Å². The summed E-state index contributed by atoms with van der Waals surface area (Å²) in [6.45, 7) is 3.01. The second kappa shape index (κ2) is 6.28. The minimum atomic E-state index is -0.0773. The topological polar surface area (TPSA) is 50.8 Å². The molecule has 124 valence electrons. The first kappa shape index (κ1) is 15.2. The van der Waals surface area contributed by atoms with E-state index in [1.54, 1.807) is 11.8 Å². The highest BCUT2D eigenvalue weighted by Crippen LogP contribution is 2.42. The highest BCUT2D eigenvalue weighted by Gasteiger charge is 2.31. The van der Waals surface area contributed by atoms with Gasteiger partial charge in [0, 0.05) is 18.0 Å². The lowest BCUT2D eigenvalue weighted by molar-refractivity contribution is 0.174. The van der Waals surface area contributed by atoms with Gasteiger partial charge in [-0.15, -0.1) is 11.8 Å². The van der Waals surface area contributed by atoms with Crippen LogP contribution in [-0.4, -0.2) is 30.0 Å². The van der Waals surface area contributed by atoms with Gasteiger partial charge in [-0.25, -0.2) is 4.79 Å². The highest BCUT2D eigenvalue weighted by molar-refractivity contribution is 7.99. The van der Waals surface area contributed by atoms with Crippen molar-refractivity contribution in [3.63, 3.8) is 0 Å². The fourth-order valence-corrected chi connectivity index (χ4v) is 4.10. The van der Waals surface area contributed by atoms with Gasteiger partial charge in [-0.1, -0.05) is 23.8 Å². The van der Waals surface area contributed by atoms with Crippen LogP contribution in [0, 0.1) is 6.92 Å². The Kier molecular flexibility index (Phi) is 3.98. The van der Waals surface area contributed by atoms with E-state index in [2.05, 4.69) is 5.32 Å². The first-order valence-electron chi connectivity index (χ1n) is 7.86.